The Labute approximate surface area is 85.0 Å². The van der Waals surface area contributed by atoms with E-state index in [1.54, 1.807) is 6.20 Å². The van der Waals surface area contributed by atoms with Crippen LogP contribution >= 0.6 is 0 Å². The molecule has 0 aliphatic carbocycles. The highest BCUT2D eigenvalue weighted by molar-refractivity contribution is 5.24. The van der Waals surface area contributed by atoms with Gasteiger partial charge in [0.1, 0.15) is 0 Å². The molecule has 3 nitrogen and oxygen atoms in total. The Kier molecular flexibility index (Phi) is 4.49. The number of rotatable bonds is 5. The van der Waals surface area contributed by atoms with Crippen molar-refractivity contribution in [1.29, 1.82) is 0 Å². The molecule has 0 unspecified atom stereocenters. The van der Waals surface area contributed by atoms with E-state index in [1.165, 1.54) is 0 Å². The molecular weight excluding hydrogens is 174 g/mol. The van der Waals surface area contributed by atoms with Gasteiger partial charge in [-0.15, -0.1) is 12.3 Å². The summed E-state index contributed by atoms with van der Waals surface area (Å²) in [6.07, 6.45) is 9.85. The maximum absolute atomic E-state index is 5.15. The van der Waals surface area contributed by atoms with Gasteiger partial charge < -0.3 is 5.32 Å². The first-order valence-electron chi connectivity index (χ1n) is 4.80. The lowest BCUT2D eigenvalue weighted by Crippen LogP contribution is -2.05. The largest absolute Gasteiger partial charge is 0.354 e. The molecule has 14 heavy (non-hydrogen) atoms. The number of nitrogens with one attached hydrogen (secondary N) is 1. The van der Waals surface area contributed by atoms with Crippen molar-refractivity contribution in [3.05, 3.63) is 18.0 Å². The van der Waals surface area contributed by atoms with Gasteiger partial charge in [-0.3, -0.25) is 0 Å². The Balaban J connectivity index is 2.22. The van der Waals surface area contributed by atoms with Crippen LogP contribution in [-0.2, 0) is 0 Å². The smallest absolute Gasteiger partial charge is 0.222 e. The molecule has 1 rings (SSSR count). The summed E-state index contributed by atoms with van der Waals surface area (Å²) in [6, 6.07) is 1.88. The molecule has 3 heteroatoms. The summed E-state index contributed by atoms with van der Waals surface area (Å²) in [5, 5.41) is 3.15. The molecule has 0 fully saturated rings. The average Bonchev–Trinajstić information content (AvgIpc) is 2.18. The van der Waals surface area contributed by atoms with Crippen molar-refractivity contribution in [2.75, 3.05) is 11.9 Å². The normalized spacial score (nSPS) is 9.43. The fourth-order valence-corrected chi connectivity index (χ4v) is 1.09. The van der Waals surface area contributed by atoms with Gasteiger partial charge in [-0.2, -0.15) is 0 Å². The molecule has 0 spiro atoms. The third-order valence-electron chi connectivity index (χ3n) is 1.83. The molecule has 1 aromatic rings. The lowest BCUT2D eigenvalue weighted by atomic mass is 10.2. The van der Waals surface area contributed by atoms with Crippen molar-refractivity contribution in [1.82, 2.24) is 9.97 Å². The number of hydrogen-bond acceptors (Lipinski definition) is 3. The zero-order chi connectivity index (χ0) is 10.2. The number of anilines is 1. The minimum absolute atomic E-state index is 0.700. The zero-order valence-corrected chi connectivity index (χ0v) is 8.45. The van der Waals surface area contributed by atoms with E-state index in [2.05, 4.69) is 21.2 Å². The van der Waals surface area contributed by atoms with Crippen LogP contribution in [0.2, 0.25) is 0 Å². The van der Waals surface area contributed by atoms with Crippen LogP contribution in [0.3, 0.4) is 0 Å². The maximum Gasteiger partial charge on any atom is 0.222 e. The Morgan fingerprint density at radius 2 is 2.36 bits per heavy atom. The molecular formula is C11H15N3. The molecule has 74 valence electrons. The first-order valence-corrected chi connectivity index (χ1v) is 4.80. The van der Waals surface area contributed by atoms with E-state index in [1.807, 2.05) is 13.0 Å². The van der Waals surface area contributed by atoms with Gasteiger partial charge in [0.15, 0.2) is 0 Å². The van der Waals surface area contributed by atoms with Gasteiger partial charge in [0.2, 0.25) is 5.95 Å². The van der Waals surface area contributed by atoms with Crippen LogP contribution in [0.4, 0.5) is 5.95 Å². The van der Waals surface area contributed by atoms with Crippen LogP contribution in [0.15, 0.2) is 12.3 Å². The van der Waals surface area contributed by atoms with Gasteiger partial charge in [-0.25, -0.2) is 9.97 Å². The molecule has 0 atom stereocenters. The van der Waals surface area contributed by atoms with Gasteiger partial charge in [0.25, 0.3) is 0 Å². The van der Waals surface area contributed by atoms with Crippen molar-refractivity contribution >= 4 is 5.95 Å². The monoisotopic (exact) mass is 189 g/mol. The second-order valence-corrected chi connectivity index (χ2v) is 3.11. The SMILES string of the molecule is C#CCCCCNc1nccc(C)n1. The van der Waals surface area contributed by atoms with Crippen molar-refractivity contribution in [2.24, 2.45) is 0 Å². The standard InChI is InChI=1S/C11H15N3/c1-3-4-5-6-8-12-11-13-9-7-10(2)14-11/h1,7,9H,4-6,8H2,2H3,(H,12,13,14). The number of aromatic nitrogens is 2. The summed E-state index contributed by atoms with van der Waals surface area (Å²) in [7, 11) is 0. The molecule has 0 aliphatic heterocycles. The summed E-state index contributed by atoms with van der Waals surface area (Å²) >= 11 is 0. The Morgan fingerprint density at radius 3 is 3.07 bits per heavy atom. The second kappa shape index (κ2) is 5.98. The molecule has 1 N–H and O–H groups in total. The molecule has 0 amide bonds. The highest BCUT2D eigenvalue weighted by Crippen LogP contribution is 2.00. The van der Waals surface area contributed by atoms with E-state index in [4.69, 9.17) is 6.42 Å². The quantitative estimate of drug-likeness (QED) is 0.568. The van der Waals surface area contributed by atoms with E-state index >= 15 is 0 Å². The first-order chi connectivity index (χ1) is 6.83. The molecule has 0 saturated heterocycles. The summed E-state index contributed by atoms with van der Waals surface area (Å²) in [5.41, 5.74) is 0.978. The zero-order valence-electron chi connectivity index (χ0n) is 8.45. The third kappa shape index (κ3) is 3.90. The molecule has 0 aromatic carbocycles. The minimum Gasteiger partial charge on any atom is -0.354 e. The van der Waals surface area contributed by atoms with E-state index in [0.29, 0.717) is 5.95 Å². The Morgan fingerprint density at radius 1 is 1.50 bits per heavy atom. The van der Waals surface area contributed by atoms with Crippen LogP contribution in [-0.4, -0.2) is 16.5 Å². The number of hydrogen-bond donors (Lipinski definition) is 1. The number of nitrogens with zero attached hydrogens (tertiary/aromatic N) is 2. The molecule has 0 saturated carbocycles. The van der Waals surface area contributed by atoms with Crippen LogP contribution in [0.1, 0.15) is 25.0 Å². The molecule has 0 bridgehead atoms. The predicted octanol–water partition coefficient (Wildman–Crippen LogP) is 2.00. The topological polar surface area (TPSA) is 37.8 Å². The van der Waals surface area contributed by atoms with Gasteiger partial charge in [-0.05, 0) is 25.8 Å². The van der Waals surface area contributed by atoms with Crippen molar-refractivity contribution in [3.63, 3.8) is 0 Å². The summed E-state index contributed by atoms with van der Waals surface area (Å²) in [5.74, 6) is 3.32. The fraction of sp³-hybridized carbons (Fsp3) is 0.455. The fourth-order valence-electron chi connectivity index (χ4n) is 1.09. The summed E-state index contributed by atoms with van der Waals surface area (Å²) in [4.78, 5) is 8.32. The highest BCUT2D eigenvalue weighted by Gasteiger charge is 1.94. The van der Waals surface area contributed by atoms with Crippen LogP contribution in [0, 0.1) is 19.3 Å². The van der Waals surface area contributed by atoms with E-state index in [0.717, 1.165) is 31.5 Å². The van der Waals surface area contributed by atoms with Gasteiger partial charge in [0.05, 0.1) is 0 Å². The van der Waals surface area contributed by atoms with Gasteiger partial charge >= 0.3 is 0 Å². The van der Waals surface area contributed by atoms with Crippen molar-refractivity contribution < 1.29 is 0 Å². The van der Waals surface area contributed by atoms with E-state index in [-0.39, 0.29) is 0 Å². The van der Waals surface area contributed by atoms with E-state index in [9.17, 15) is 0 Å². The molecule has 1 aromatic heterocycles. The first kappa shape index (κ1) is 10.5. The summed E-state index contributed by atoms with van der Waals surface area (Å²) in [6.45, 7) is 2.83. The third-order valence-corrected chi connectivity index (χ3v) is 1.83. The second-order valence-electron chi connectivity index (χ2n) is 3.11. The number of unbranched alkanes of at least 4 members (excludes halogenated alkanes) is 2. The number of aryl methyl sites for hydroxylation is 1. The number of terminal acetylenes is 1. The van der Waals surface area contributed by atoms with Crippen LogP contribution in [0.5, 0.6) is 0 Å². The van der Waals surface area contributed by atoms with Gasteiger partial charge in [0, 0.05) is 24.9 Å². The predicted molar refractivity (Wildman–Crippen MR) is 57.9 cm³/mol. The highest BCUT2D eigenvalue weighted by atomic mass is 15.1. The average molecular weight is 189 g/mol. The summed E-state index contributed by atoms with van der Waals surface area (Å²) < 4.78 is 0. The van der Waals surface area contributed by atoms with E-state index < -0.39 is 0 Å². The minimum atomic E-state index is 0.700. The van der Waals surface area contributed by atoms with Crippen molar-refractivity contribution in [3.8, 4) is 12.3 Å². The van der Waals surface area contributed by atoms with Crippen LogP contribution in [0.25, 0.3) is 0 Å². The van der Waals surface area contributed by atoms with Gasteiger partial charge in [-0.1, -0.05) is 0 Å². The molecule has 1 heterocycles. The molecule has 0 aliphatic rings. The maximum atomic E-state index is 5.15. The lowest BCUT2D eigenvalue weighted by Gasteiger charge is -2.03. The van der Waals surface area contributed by atoms with Crippen LogP contribution < -0.4 is 5.32 Å². The lowest BCUT2D eigenvalue weighted by molar-refractivity contribution is 0.783. The van der Waals surface area contributed by atoms with Crippen molar-refractivity contribution in [2.45, 2.75) is 26.2 Å². The Bertz CT molecular complexity index is 315. The molecule has 0 radical (unpaired) electrons. The Hall–Kier alpha value is -1.56.